The first kappa shape index (κ1) is 17.3. The first-order valence-corrected chi connectivity index (χ1v) is 8.13. The van der Waals surface area contributed by atoms with Gasteiger partial charge < -0.3 is 10.6 Å². The van der Waals surface area contributed by atoms with E-state index in [1.165, 1.54) is 17.3 Å². The summed E-state index contributed by atoms with van der Waals surface area (Å²) in [6.07, 6.45) is 4.13. The van der Waals surface area contributed by atoms with Gasteiger partial charge in [0.1, 0.15) is 17.9 Å². The van der Waals surface area contributed by atoms with E-state index < -0.39 is 13.0 Å². The highest BCUT2D eigenvalue weighted by Gasteiger charge is 2.33. The molecule has 0 spiro atoms. The van der Waals surface area contributed by atoms with Crippen molar-refractivity contribution in [1.82, 2.24) is 25.1 Å². The van der Waals surface area contributed by atoms with Crippen LogP contribution in [0.15, 0.2) is 12.4 Å². The minimum Gasteiger partial charge on any atom is -0.366 e. The third-order valence-corrected chi connectivity index (χ3v) is 4.96. The van der Waals surface area contributed by atoms with Crippen molar-refractivity contribution >= 4 is 29.4 Å². The summed E-state index contributed by atoms with van der Waals surface area (Å²) in [5.41, 5.74) is 0.950. The van der Waals surface area contributed by atoms with Gasteiger partial charge in [-0.15, -0.1) is 12.4 Å². The maximum Gasteiger partial charge on any atom is 0.258 e. The second-order valence-corrected chi connectivity index (χ2v) is 6.51. The van der Waals surface area contributed by atoms with Crippen LogP contribution in [0.3, 0.4) is 0 Å². The first-order chi connectivity index (χ1) is 11.2. The molecule has 3 heterocycles. The van der Waals surface area contributed by atoms with Crippen molar-refractivity contribution in [3.63, 3.8) is 0 Å². The van der Waals surface area contributed by atoms with Gasteiger partial charge in [0, 0.05) is 6.04 Å². The van der Waals surface area contributed by atoms with Crippen molar-refractivity contribution in [3.8, 4) is 0 Å². The normalized spacial score (nSPS) is 26.4. The lowest BCUT2D eigenvalue weighted by Crippen LogP contribution is -2.32. The largest absolute Gasteiger partial charge is 0.366 e. The predicted molar refractivity (Wildman–Crippen MR) is 89.7 cm³/mol. The molecule has 6 nitrogen and oxygen atoms in total. The average molecular weight is 359 g/mol. The van der Waals surface area contributed by atoms with Gasteiger partial charge >= 0.3 is 0 Å². The monoisotopic (exact) mass is 358 g/mol. The SMILES string of the molecule is Cl.FC(F)Cn1ncc2ncc(NC3CCC4CNCC4C3)nc21. The number of halogens is 3. The minimum atomic E-state index is -2.46. The number of rotatable bonds is 4. The molecule has 1 saturated carbocycles. The Bertz CT molecular complexity index is 694. The zero-order valence-corrected chi connectivity index (χ0v) is 14.0. The van der Waals surface area contributed by atoms with Crippen LogP contribution in [0, 0.1) is 11.8 Å². The molecule has 1 aliphatic carbocycles. The number of aromatic nitrogens is 4. The highest BCUT2D eigenvalue weighted by atomic mass is 35.5. The predicted octanol–water partition coefficient (Wildman–Crippen LogP) is 2.31. The molecule has 2 aromatic rings. The van der Waals surface area contributed by atoms with Gasteiger partial charge in [0.2, 0.25) is 0 Å². The molecule has 2 N–H and O–H groups in total. The van der Waals surface area contributed by atoms with Crippen LogP contribution in [0.25, 0.3) is 11.2 Å². The van der Waals surface area contributed by atoms with Crippen LogP contribution in [-0.2, 0) is 6.54 Å². The Labute approximate surface area is 144 Å². The van der Waals surface area contributed by atoms with Crippen molar-refractivity contribution in [2.24, 2.45) is 11.8 Å². The van der Waals surface area contributed by atoms with Crippen molar-refractivity contribution in [1.29, 1.82) is 0 Å². The van der Waals surface area contributed by atoms with Gasteiger partial charge in [0.25, 0.3) is 6.43 Å². The summed E-state index contributed by atoms with van der Waals surface area (Å²) in [5.74, 6) is 2.17. The van der Waals surface area contributed by atoms with E-state index in [0.29, 0.717) is 23.0 Å². The van der Waals surface area contributed by atoms with Gasteiger partial charge in [0.15, 0.2) is 5.65 Å². The Kier molecular flexibility index (Phi) is 5.15. The Morgan fingerprint density at radius 3 is 2.92 bits per heavy atom. The standard InChI is InChI=1S/C15H20F2N6.ClH/c16-13(17)8-23-15-12(6-20-23)19-7-14(22-15)21-11-2-1-9-4-18-5-10(9)3-11;/h6-7,9-11,13,18H,1-5,8H2,(H,21,22);1H. The Balaban J connectivity index is 0.00000169. The Hall–Kier alpha value is -1.54. The number of hydrogen-bond acceptors (Lipinski definition) is 5. The zero-order valence-electron chi connectivity index (χ0n) is 13.2. The van der Waals surface area contributed by atoms with Gasteiger partial charge in [-0.25, -0.2) is 23.4 Å². The molecule has 24 heavy (non-hydrogen) atoms. The van der Waals surface area contributed by atoms with E-state index in [-0.39, 0.29) is 12.4 Å². The molecule has 2 aromatic heterocycles. The van der Waals surface area contributed by atoms with Gasteiger partial charge in [-0.3, -0.25) is 0 Å². The fourth-order valence-electron chi connectivity index (χ4n) is 3.82. The number of nitrogens with zero attached hydrogens (tertiary/aromatic N) is 4. The molecule has 4 rings (SSSR count). The molecule has 2 aliphatic rings. The van der Waals surface area contributed by atoms with Crippen LogP contribution >= 0.6 is 12.4 Å². The number of fused-ring (bicyclic) bond motifs is 2. The molecule has 0 bridgehead atoms. The van der Waals surface area contributed by atoms with Crippen LogP contribution in [0.4, 0.5) is 14.6 Å². The number of nitrogens with one attached hydrogen (secondary N) is 2. The molecule has 1 saturated heterocycles. The molecule has 3 atom stereocenters. The van der Waals surface area contributed by atoms with Gasteiger partial charge in [-0.1, -0.05) is 0 Å². The van der Waals surface area contributed by atoms with Crippen molar-refractivity contribution in [3.05, 3.63) is 12.4 Å². The Morgan fingerprint density at radius 1 is 1.25 bits per heavy atom. The summed E-state index contributed by atoms with van der Waals surface area (Å²) in [4.78, 5) is 8.72. The summed E-state index contributed by atoms with van der Waals surface area (Å²) in [5, 5.41) is 10.8. The van der Waals surface area contributed by atoms with E-state index in [1.807, 2.05) is 0 Å². The highest BCUT2D eigenvalue weighted by Crippen LogP contribution is 2.33. The number of anilines is 1. The molecule has 0 amide bonds. The van der Waals surface area contributed by atoms with Gasteiger partial charge in [-0.2, -0.15) is 5.10 Å². The maximum atomic E-state index is 12.6. The molecule has 0 radical (unpaired) electrons. The quantitative estimate of drug-likeness (QED) is 0.878. The second kappa shape index (κ2) is 7.14. The van der Waals surface area contributed by atoms with Crippen molar-refractivity contribution in [2.75, 3.05) is 18.4 Å². The zero-order chi connectivity index (χ0) is 15.8. The summed E-state index contributed by atoms with van der Waals surface area (Å²) >= 11 is 0. The Morgan fingerprint density at radius 2 is 2.08 bits per heavy atom. The van der Waals surface area contributed by atoms with E-state index in [2.05, 4.69) is 25.7 Å². The molecule has 3 unspecified atom stereocenters. The maximum absolute atomic E-state index is 12.6. The fourth-order valence-corrected chi connectivity index (χ4v) is 3.82. The van der Waals surface area contributed by atoms with E-state index in [9.17, 15) is 8.78 Å². The van der Waals surface area contributed by atoms with Crippen LogP contribution in [0.2, 0.25) is 0 Å². The van der Waals surface area contributed by atoms with Crippen LogP contribution in [-0.4, -0.2) is 45.3 Å². The van der Waals surface area contributed by atoms with Gasteiger partial charge in [-0.05, 0) is 44.2 Å². The summed E-state index contributed by atoms with van der Waals surface area (Å²) in [7, 11) is 0. The molecule has 132 valence electrons. The molecular weight excluding hydrogens is 338 g/mol. The molecule has 2 fully saturated rings. The lowest BCUT2D eigenvalue weighted by molar-refractivity contribution is 0.123. The van der Waals surface area contributed by atoms with Crippen LogP contribution in [0.5, 0.6) is 0 Å². The first-order valence-electron chi connectivity index (χ1n) is 8.13. The molecular formula is C15H21ClF2N6. The third-order valence-electron chi connectivity index (χ3n) is 4.96. The smallest absolute Gasteiger partial charge is 0.258 e. The van der Waals surface area contributed by atoms with E-state index in [0.717, 1.165) is 37.8 Å². The second-order valence-electron chi connectivity index (χ2n) is 6.51. The third kappa shape index (κ3) is 3.44. The average Bonchev–Trinajstić information content (AvgIpc) is 3.13. The minimum absolute atomic E-state index is 0. The van der Waals surface area contributed by atoms with Crippen LogP contribution < -0.4 is 10.6 Å². The number of alkyl halides is 2. The topological polar surface area (TPSA) is 67.7 Å². The molecule has 9 heteroatoms. The molecule has 1 aliphatic heterocycles. The lowest BCUT2D eigenvalue weighted by Gasteiger charge is -2.31. The van der Waals surface area contributed by atoms with E-state index in [1.54, 1.807) is 6.20 Å². The van der Waals surface area contributed by atoms with Crippen LogP contribution in [0.1, 0.15) is 19.3 Å². The van der Waals surface area contributed by atoms with E-state index in [4.69, 9.17) is 0 Å². The number of hydrogen-bond donors (Lipinski definition) is 2. The lowest BCUT2D eigenvalue weighted by atomic mass is 9.79. The van der Waals surface area contributed by atoms with Gasteiger partial charge in [0.05, 0.1) is 12.4 Å². The summed E-state index contributed by atoms with van der Waals surface area (Å²) in [6, 6.07) is 0.370. The fraction of sp³-hybridized carbons (Fsp3) is 0.667. The molecule has 0 aromatic carbocycles. The summed E-state index contributed by atoms with van der Waals surface area (Å²) < 4.78 is 26.4. The van der Waals surface area contributed by atoms with Crippen molar-refractivity contribution < 1.29 is 8.78 Å². The highest BCUT2D eigenvalue weighted by molar-refractivity contribution is 5.85. The summed E-state index contributed by atoms with van der Waals surface area (Å²) in [6.45, 7) is 1.77. The van der Waals surface area contributed by atoms with Crippen molar-refractivity contribution in [2.45, 2.75) is 38.3 Å². The van der Waals surface area contributed by atoms with E-state index >= 15 is 0 Å².